The van der Waals surface area contributed by atoms with E-state index in [4.69, 9.17) is 11.5 Å². The third kappa shape index (κ3) is 3.21. The molecule has 1 amide bonds. The molecule has 0 aliphatic carbocycles. The molecule has 1 aromatic heterocycles. The third-order valence-corrected chi connectivity index (χ3v) is 1.83. The molecule has 0 bridgehead atoms. The summed E-state index contributed by atoms with van der Waals surface area (Å²) in [7, 11) is 0. The average Bonchev–Trinajstić information content (AvgIpc) is 2.15. The highest BCUT2D eigenvalue weighted by Gasteiger charge is 2.08. The first-order valence-corrected chi connectivity index (χ1v) is 4.14. The van der Waals surface area contributed by atoms with Gasteiger partial charge in [0, 0.05) is 12.4 Å². The lowest BCUT2D eigenvalue weighted by Gasteiger charge is -2.05. The lowest BCUT2D eigenvalue weighted by Crippen LogP contribution is -2.36. The maximum Gasteiger partial charge on any atom is 0.234 e. The summed E-state index contributed by atoms with van der Waals surface area (Å²) in [5, 5.41) is 0. The third-order valence-electron chi connectivity index (χ3n) is 1.83. The van der Waals surface area contributed by atoms with Crippen molar-refractivity contribution in [3.8, 4) is 0 Å². The lowest BCUT2D eigenvalue weighted by atomic mass is 10.1. The Bertz CT molecular complexity index is 273. The molecule has 0 aromatic carbocycles. The van der Waals surface area contributed by atoms with Gasteiger partial charge >= 0.3 is 0 Å². The van der Waals surface area contributed by atoms with Crippen molar-refractivity contribution in [2.75, 3.05) is 0 Å². The van der Waals surface area contributed by atoms with Gasteiger partial charge < -0.3 is 11.5 Å². The quantitative estimate of drug-likeness (QED) is 0.673. The van der Waals surface area contributed by atoms with Crippen molar-refractivity contribution in [1.82, 2.24) is 4.98 Å². The van der Waals surface area contributed by atoms with Crippen LogP contribution in [0, 0.1) is 0 Å². The van der Waals surface area contributed by atoms with E-state index in [1.54, 1.807) is 12.4 Å². The van der Waals surface area contributed by atoms with E-state index in [0.29, 0.717) is 6.42 Å². The highest BCUT2D eigenvalue weighted by molar-refractivity contribution is 5.79. The summed E-state index contributed by atoms with van der Waals surface area (Å²) in [5.74, 6) is -0.455. The van der Waals surface area contributed by atoms with Crippen LogP contribution in [0.1, 0.15) is 12.0 Å². The van der Waals surface area contributed by atoms with E-state index in [9.17, 15) is 4.79 Å². The first kappa shape index (κ1) is 9.67. The highest BCUT2D eigenvalue weighted by atomic mass is 16.1. The minimum absolute atomic E-state index is 0.455. The van der Waals surface area contributed by atoms with Crippen LogP contribution < -0.4 is 11.5 Å². The first-order chi connectivity index (χ1) is 6.20. The number of aromatic nitrogens is 1. The van der Waals surface area contributed by atoms with Crippen LogP contribution in [0.2, 0.25) is 0 Å². The molecule has 0 aliphatic rings. The molecule has 0 aliphatic heterocycles. The Morgan fingerprint density at radius 3 is 2.92 bits per heavy atom. The predicted octanol–water partition coefficient (Wildman–Crippen LogP) is -0.173. The van der Waals surface area contributed by atoms with Crippen molar-refractivity contribution in [2.45, 2.75) is 18.9 Å². The number of pyridine rings is 1. The van der Waals surface area contributed by atoms with E-state index in [2.05, 4.69) is 4.98 Å². The van der Waals surface area contributed by atoms with Crippen LogP contribution in [-0.4, -0.2) is 16.9 Å². The maximum absolute atomic E-state index is 10.6. The second-order valence-electron chi connectivity index (χ2n) is 2.91. The SMILES string of the molecule is NC(=O)C(N)CCc1cccnc1. The predicted molar refractivity (Wildman–Crippen MR) is 49.7 cm³/mol. The molecule has 0 saturated heterocycles. The summed E-state index contributed by atoms with van der Waals surface area (Å²) in [6, 6.07) is 3.24. The van der Waals surface area contributed by atoms with Crippen LogP contribution in [0.25, 0.3) is 0 Å². The van der Waals surface area contributed by atoms with Gasteiger partial charge in [0.25, 0.3) is 0 Å². The molecule has 1 atom stereocenters. The molecule has 1 unspecified atom stereocenters. The van der Waals surface area contributed by atoms with Crippen molar-refractivity contribution >= 4 is 5.91 Å². The van der Waals surface area contributed by atoms with E-state index in [-0.39, 0.29) is 0 Å². The Labute approximate surface area is 77.0 Å². The minimum Gasteiger partial charge on any atom is -0.368 e. The number of carbonyl (C=O) groups is 1. The Hall–Kier alpha value is -1.42. The zero-order valence-electron chi connectivity index (χ0n) is 7.31. The summed E-state index contributed by atoms with van der Waals surface area (Å²) in [4.78, 5) is 14.6. The molecule has 4 nitrogen and oxygen atoms in total. The fourth-order valence-electron chi connectivity index (χ4n) is 1.01. The number of nitrogens with zero attached hydrogens (tertiary/aromatic N) is 1. The van der Waals surface area contributed by atoms with Crippen LogP contribution in [0.15, 0.2) is 24.5 Å². The van der Waals surface area contributed by atoms with Gasteiger partial charge in [0.2, 0.25) is 5.91 Å². The van der Waals surface area contributed by atoms with E-state index in [1.807, 2.05) is 12.1 Å². The van der Waals surface area contributed by atoms with Gasteiger partial charge in [-0.25, -0.2) is 0 Å². The van der Waals surface area contributed by atoms with E-state index >= 15 is 0 Å². The number of primary amides is 1. The van der Waals surface area contributed by atoms with Gasteiger partial charge in [0.05, 0.1) is 6.04 Å². The zero-order valence-corrected chi connectivity index (χ0v) is 7.31. The van der Waals surface area contributed by atoms with Crippen molar-refractivity contribution in [1.29, 1.82) is 0 Å². The van der Waals surface area contributed by atoms with E-state index in [1.165, 1.54) is 0 Å². The van der Waals surface area contributed by atoms with Crippen LogP contribution in [0.5, 0.6) is 0 Å². The molecule has 0 spiro atoms. The molecule has 1 aromatic rings. The average molecular weight is 179 g/mol. The molecule has 0 radical (unpaired) electrons. The van der Waals surface area contributed by atoms with Crippen molar-refractivity contribution < 1.29 is 4.79 Å². The number of aryl methyl sites for hydroxylation is 1. The van der Waals surface area contributed by atoms with Crippen molar-refractivity contribution in [3.05, 3.63) is 30.1 Å². The fraction of sp³-hybridized carbons (Fsp3) is 0.333. The Kier molecular flexibility index (Phi) is 3.40. The fourth-order valence-corrected chi connectivity index (χ4v) is 1.01. The molecule has 1 rings (SSSR count). The van der Waals surface area contributed by atoms with Crippen LogP contribution in [0.3, 0.4) is 0 Å². The zero-order chi connectivity index (χ0) is 9.68. The molecule has 70 valence electrons. The number of carbonyl (C=O) groups excluding carboxylic acids is 1. The number of rotatable bonds is 4. The normalized spacial score (nSPS) is 12.4. The molecule has 4 heteroatoms. The first-order valence-electron chi connectivity index (χ1n) is 4.14. The number of hydrogen-bond donors (Lipinski definition) is 2. The van der Waals surface area contributed by atoms with Gasteiger partial charge in [-0.3, -0.25) is 9.78 Å². The standard InChI is InChI=1S/C9H13N3O/c10-8(9(11)13)4-3-7-2-1-5-12-6-7/h1-2,5-6,8H,3-4,10H2,(H2,11,13). The van der Waals surface area contributed by atoms with Gasteiger partial charge in [-0.2, -0.15) is 0 Å². The molecule has 0 saturated carbocycles. The second kappa shape index (κ2) is 4.57. The van der Waals surface area contributed by atoms with Crippen molar-refractivity contribution in [3.63, 3.8) is 0 Å². The van der Waals surface area contributed by atoms with Gasteiger partial charge in [-0.05, 0) is 24.5 Å². The van der Waals surface area contributed by atoms with E-state index in [0.717, 1.165) is 12.0 Å². The topological polar surface area (TPSA) is 82.0 Å². The van der Waals surface area contributed by atoms with E-state index < -0.39 is 11.9 Å². The molecule has 0 fully saturated rings. The Morgan fingerprint density at radius 2 is 2.38 bits per heavy atom. The Balaban J connectivity index is 2.39. The van der Waals surface area contributed by atoms with Crippen LogP contribution in [-0.2, 0) is 11.2 Å². The lowest BCUT2D eigenvalue weighted by molar-refractivity contribution is -0.119. The molecule has 4 N–H and O–H groups in total. The smallest absolute Gasteiger partial charge is 0.234 e. The summed E-state index contributed by atoms with van der Waals surface area (Å²) in [5.41, 5.74) is 11.6. The minimum atomic E-state index is -0.555. The number of hydrogen-bond acceptors (Lipinski definition) is 3. The van der Waals surface area contributed by atoms with Crippen LogP contribution >= 0.6 is 0 Å². The van der Waals surface area contributed by atoms with Crippen molar-refractivity contribution in [2.24, 2.45) is 11.5 Å². The molecular formula is C9H13N3O. The molecule has 1 heterocycles. The van der Waals surface area contributed by atoms with Gasteiger partial charge in [0.1, 0.15) is 0 Å². The second-order valence-corrected chi connectivity index (χ2v) is 2.91. The molecule has 13 heavy (non-hydrogen) atoms. The van der Waals surface area contributed by atoms with Gasteiger partial charge in [-0.1, -0.05) is 6.07 Å². The largest absolute Gasteiger partial charge is 0.368 e. The highest BCUT2D eigenvalue weighted by Crippen LogP contribution is 2.01. The summed E-state index contributed by atoms with van der Waals surface area (Å²) in [6.07, 6.45) is 4.77. The summed E-state index contributed by atoms with van der Waals surface area (Å²) < 4.78 is 0. The van der Waals surface area contributed by atoms with Gasteiger partial charge in [0.15, 0.2) is 0 Å². The molecular weight excluding hydrogens is 166 g/mol. The summed E-state index contributed by atoms with van der Waals surface area (Å²) >= 11 is 0. The van der Waals surface area contributed by atoms with Crippen LogP contribution in [0.4, 0.5) is 0 Å². The van der Waals surface area contributed by atoms with Gasteiger partial charge in [-0.15, -0.1) is 0 Å². The number of amides is 1. The monoisotopic (exact) mass is 179 g/mol. The Morgan fingerprint density at radius 1 is 1.62 bits per heavy atom. The maximum atomic E-state index is 10.6. The summed E-state index contributed by atoms with van der Waals surface area (Å²) in [6.45, 7) is 0. The number of nitrogens with two attached hydrogens (primary N) is 2.